The summed E-state index contributed by atoms with van der Waals surface area (Å²) in [5, 5.41) is 3.07. The van der Waals surface area contributed by atoms with Crippen LogP contribution in [0.3, 0.4) is 0 Å². The molecule has 0 saturated heterocycles. The Kier molecular flexibility index (Phi) is 5.10. The molecule has 0 bridgehead atoms. The fraction of sp³-hybridized carbons (Fsp3) is 0.538. The number of hydrogen-bond acceptors (Lipinski definition) is 4. The standard InChI is InChI=1S/C13H20N2O2/c1-5-11-6-7-15-13(12(11)10(3)16)17-8-9(2)14-4/h6-7,9,14H,5,8H2,1-4H3. The van der Waals surface area contributed by atoms with Crippen molar-refractivity contribution in [3.05, 3.63) is 23.4 Å². The molecule has 4 heteroatoms. The number of aromatic nitrogens is 1. The molecular formula is C13H20N2O2. The first kappa shape index (κ1) is 13.6. The topological polar surface area (TPSA) is 51.2 Å². The fourth-order valence-corrected chi connectivity index (χ4v) is 1.55. The van der Waals surface area contributed by atoms with Gasteiger partial charge in [0.2, 0.25) is 5.88 Å². The number of Topliss-reactive ketones (excluding diaryl/α,β-unsaturated/α-hetero) is 1. The number of carbonyl (C=O) groups excluding carboxylic acids is 1. The maximum Gasteiger partial charge on any atom is 0.224 e. The van der Waals surface area contributed by atoms with E-state index >= 15 is 0 Å². The van der Waals surface area contributed by atoms with Gasteiger partial charge >= 0.3 is 0 Å². The van der Waals surface area contributed by atoms with Gasteiger partial charge in [-0.05, 0) is 38.9 Å². The summed E-state index contributed by atoms with van der Waals surface area (Å²) in [4.78, 5) is 15.8. The quantitative estimate of drug-likeness (QED) is 0.766. The fourth-order valence-electron chi connectivity index (χ4n) is 1.55. The first-order valence-electron chi connectivity index (χ1n) is 5.89. The van der Waals surface area contributed by atoms with Crippen LogP contribution in [0.4, 0.5) is 0 Å². The Labute approximate surface area is 102 Å². The van der Waals surface area contributed by atoms with Crippen LogP contribution in [-0.2, 0) is 6.42 Å². The second kappa shape index (κ2) is 6.35. The van der Waals surface area contributed by atoms with Crippen molar-refractivity contribution in [3.63, 3.8) is 0 Å². The lowest BCUT2D eigenvalue weighted by atomic mass is 10.0. The van der Waals surface area contributed by atoms with E-state index < -0.39 is 0 Å². The van der Waals surface area contributed by atoms with Gasteiger partial charge in [-0.1, -0.05) is 6.92 Å². The van der Waals surface area contributed by atoms with E-state index in [1.165, 1.54) is 0 Å². The minimum Gasteiger partial charge on any atom is -0.475 e. The van der Waals surface area contributed by atoms with Crippen LogP contribution < -0.4 is 10.1 Å². The monoisotopic (exact) mass is 236 g/mol. The van der Waals surface area contributed by atoms with Gasteiger partial charge in [0.25, 0.3) is 0 Å². The molecule has 1 atom stereocenters. The largest absolute Gasteiger partial charge is 0.475 e. The van der Waals surface area contributed by atoms with Gasteiger partial charge in [0, 0.05) is 12.2 Å². The molecule has 0 aromatic carbocycles. The van der Waals surface area contributed by atoms with E-state index in [1.807, 2.05) is 27.0 Å². The third-order valence-corrected chi connectivity index (χ3v) is 2.70. The molecule has 0 spiro atoms. The van der Waals surface area contributed by atoms with Crippen LogP contribution >= 0.6 is 0 Å². The lowest BCUT2D eigenvalue weighted by molar-refractivity contribution is 0.101. The minimum atomic E-state index is 0.00191. The van der Waals surface area contributed by atoms with Crippen molar-refractivity contribution in [2.45, 2.75) is 33.2 Å². The average Bonchev–Trinajstić information content (AvgIpc) is 2.34. The van der Waals surface area contributed by atoms with Gasteiger partial charge in [-0.25, -0.2) is 4.98 Å². The molecule has 1 N–H and O–H groups in total. The molecule has 0 amide bonds. The van der Waals surface area contributed by atoms with Crippen molar-refractivity contribution >= 4 is 5.78 Å². The number of ketones is 1. The summed E-state index contributed by atoms with van der Waals surface area (Å²) in [5.41, 5.74) is 1.60. The Morgan fingerprint density at radius 1 is 1.59 bits per heavy atom. The number of ether oxygens (including phenoxy) is 1. The predicted molar refractivity (Wildman–Crippen MR) is 67.6 cm³/mol. The molecule has 0 saturated carbocycles. The van der Waals surface area contributed by atoms with Crippen molar-refractivity contribution < 1.29 is 9.53 Å². The number of aryl methyl sites for hydroxylation is 1. The van der Waals surface area contributed by atoms with Gasteiger partial charge in [-0.15, -0.1) is 0 Å². The number of rotatable bonds is 6. The number of likely N-dealkylation sites (N-methyl/N-ethyl adjacent to an activating group) is 1. The zero-order valence-corrected chi connectivity index (χ0v) is 10.9. The zero-order valence-electron chi connectivity index (χ0n) is 10.9. The first-order chi connectivity index (χ1) is 8.10. The third kappa shape index (κ3) is 3.53. The Bertz CT molecular complexity index is 391. The Hall–Kier alpha value is -1.42. The SMILES string of the molecule is CCc1ccnc(OCC(C)NC)c1C(C)=O. The highest BCUT2D eigenvalue weighted by atomic mass is 16.5. The minimum absolute atomic E-state index is 0.00191. The molecule has 17 heavy (non-hydrogen) atoms. The number of pyridine rings is 1. The molecule has 0 aliphatic rings. The van der Waals surface area contributed by atoms with E-state index in [1.54, 1.807) is 13.1 Å². The molecule has 1 heterocycles. The molecule has 1 aromatic rings. The summed E-state index contributed by atoms with van der Waals surface area (Å²) in [5.74, 6) is 0.445. The van der Waals surface area contributed by atoms with Crippen LogP contribution in [0.2, 0.25) is 0 Å². The van der Waals surface area contributed by atoms with Crippen LogP contribution in [0, 0.1) is 0 Å². The first-order valence-corrected chi connectivity index (χ1v) is 5.89. The van der Waals surface area contributed by atoms with Crippen LogP contribution in [0.1, 0.15) is 36.7 Å². The van der Waals surface area contributed by atoms with Gasteiger partial charge in [-0.2, -0.15) is 0 Å². The van der Waals surface area contributed by atoms with E-state index in [9.17, 15) is 4.79 Å². The second-order valence-corrected chi connectivity index (χ2v) is 4.06. The molecule has 1 rings (SSSR count). The molecule has 0 radical (unpaired) electrons. The smallest absolute Gasteiger partial charge is 0.224 e. The lowest BCUT2D eigenvalue weighted by Crippen LogP contribution is -2.28. The van der Waals surface area contributed by atoms with E-state index in [-0.39, 0.29) is 11.8 Å². The third-order valence-electron chi connectivity index (χ3n) is 2.70. The molecule has 0 fully saturated rings. The summed E-state index contributed by atoms with van der Waals surface area (Å²) in [7, 11) is 1.87. The molecule has 1 unspecified atom stereocenters. The van der Waals surface area contributed by atoms with Crippen LogP contribution in [0.25, 0.3) is 0 Å². The van der Waals surface area contributed by atoms with E-state index in [2.05, 4.69) is 10.3 Å². The zero-order chi connectivity index (χ0) is 12.8. The Morgan fingerprint density at radius 2 is 2.29 bits per heavy atom. The normalized spacial score (nSPS) is 12.2. The highest BCUT2D eigenvalue weighted by Crippen LogP contribution is 2.20. The van der Waals surface area contributed by atoms with Gasteiger partial charge in [0.15, 0.2) is 5.78 Å². The van der Waals surface area contributed by atoms with Crippen molar-refractivity contribution in [1.29, 1.82) is 0 Å². The average molecular weight is 236 g/mol. The van der Waals surface area contributed by atoms with Crippen LogP contribution in [0.5, 0.6) is 5.88 Å². The molecule has 94 valence electrons. The predicted octanol–water partition coefficient (Wildman–Crippen LogP) is 1.83. The van der Waals surface area contributed by atoms with Gasteiger partial charge in [-0.3, -0.25) is 4.79 Å². The Morgan fingerprint density at radius 3 is 2.82 bits per heavy atom. The van der Waals surface area contributed by atoms with Crippen molar-refractivity contribution in [1.82, 2.24) is 10.3 Å². The van der Waals surface area contributed by atoms with E-state index in [0.717, 1.165) is 12.0 Å². The maximum absolute atomic E-state index is 11.6. The molecule has 1 aromatic heterocycles. The summed E-state index contributed by atoms with van der Waals surface area (Å²) in [6.45, 7) is 6.07. The Balaban J connectivity index is 2.94. The highest BCUT2D eigenvalue weighted by Gasteiger charge is 2.15. The number of hydrogen-bond donors (Lipinski definition) is 1. The lowest BCUT2D eigenvalue weighted by Gasteiger charge is -2.14. The van der Waals surface area contributed by atoms with Crippen molar-refractivity contribution in [3.8, 4) is 5.88 Å². The van der Waals surface area contributed by atoms with Gasteiger partial charge in [0.1, 0.15) is 6.61 Å². The molecule has 0 aliphatic heterocycles. The second-order valence-electron chi connectivity index (χ2n) is 4.06. The van der Waals surface area contributed by atoms with Crippen LogP contribution in [-0.4, -0.2) is 30.5 Å². The summed E-state index contributed by atoms with van der Waals surface area (Å²) < 4.78 is 5.60. The number of carbonyl (C=O) groups is 1. The number of nitrogens with one attached hydrogen (secondary N) is 1. The van der Waals surface area contributed by atoms with E-state index in [0.29, 0.717) is 18.1 Å². The van der Waals surface area contributed by atoms with Gasteiger partial charge in [0.05, 0.1) is 5.56 Å². The summed E-state index contributed by atoms with van der Waals surface area (Å²) in [6, 6.07) is 2.09. The van der Waals surface area contributed by atoms with Crippen molar-refractivity contribution in [2.75, 3.05) is 13.7 Å². The van der Waals surface area contributed by atoms with Crippen LogP contribution in [0.15, 0.2) is 12.3 Å². The number of nitrogens with zero attached hydrogens (tertiary/aromatic N) is 1. The molecule has 4 nitrogen and oxygen atoms in total. The van der Waals surface area contributed by atoms with Crippen molar-refractivity contribution in [2.24, 2.45) is 0 Å². The molecular weight excluding hydrogens is 216 g/mol. The summed E-state index contributed by atoms with van der Waals surface area (Å²) >= 11 is 0. The van der Waals surface area contributed by atoms with E-state index in [4.69, 9.17) is 4.74 Å². The maximum atomic E-state index is 11.6. The van der Waals surface area contributed by atoms with Gasteiger partial charge < -0.3 is 10.1 Å². The molecule has 0 aliphatic carbocycles. The summed E-state index contributed by atoms with van der Waals surface area (Å²) in [6.07, 6.45) is 2.49. The highest BCUT2D eigenvalue weighted by molar-refractivity contribution is 5.97.